The Labute approximate surface area is 339 Å². The zero-order chi connectivity index (χ0) is 41.0. The van der Waals surface area contributed by atoms with Crippen molar-refractivity contribution in [3.05, 3.63) is 101 Å². The summed E-state index contributed by atoms with van der Waals surface area (Å²) in [5.74, 6) is -1.43. The number of hydrogen-bond acceptors (Lipinski definition) is 10. The van der Waals surface area contributed by atoms with Gasteiger partial charge in [0.2, 0.25) is 17.8 Å². The number of carbonyl (C=O) groups excluding carboxylic acids is 3. The van der Waals surface area contributed by atoms with Crippen molar-refractivity contribution in [1.82, 2.24) is 29.7 Å². The van der Waals surface area contributed by atoms with Gasteiger partial charge < -0.3 is 20.3 Å². The van der Waals surface area contributed by atoms with Gasteiger partial charge in [-0.25, -0.2) is 27.9 Å². The summed E-state index contributed by atoms with van der Waals surface area (Å²) < 4.78 is 53.2. The van der Waals surface area contributed by atoms with Crippen LogP contribution < -0.4 is 21.5 Å². The van der Waals surface area contributed by atoms with Crippen LogP contribution in [-0.4, -0.2) is 98.8 Å². The zero-order valence-electron chi connectivity index (χ0n) is 32.5. The fourth-order valence-corrected chi connectivity index (χ4v) is 8.80. The predicted octanol–water partition coefficient (Wildman–Crippen LogP) is 5.94. The fraction of sp³-hybridized carbons (Fsp3) is 0.442. The standard InChI is InChI=1S/C43H47F3N8O5/c44-33-23-29(48-36-13-14-38(55)50-41(36)57)9-12-32(33)26-15-19-52(20-16-26)37-17-21-53(25-35(37)46)43(58)59-31-10-7-28(8-11-31)49-42-47-24-34(45)40(51-42)27-4-3-5-30(22-27)54-18-2-1-6-39(54)56/h1-6,9,12,18,22-24,26,28,31,35-37,48H,7-8,10-11,13-17,19-21,25H2,(H,47,49,51)(H,50,55,57). The van der Waals surface area contributed by atoms with Gasteiger partial charge in [0.1, 0.15) is 29.8 Å². The summed E-state index contributed by atoms with van der Waals surface area (Å²) >= 11 is 0. The number of halogens is 3. The number of carbonyl (C=O) groups is 3. The van der Waals surface area contributed by atoms with Crippen LogP contribution in [0.2, 0.25) is 0 Å². The van der Waals surface area contributed by atoms with E-state index in [-0.39, 0.29) is 66.0 Å². The normalized spacial score (nSPS) is 24.3. The van der Waals surface area contributed by atoms with Crippen molar-refractivity contribution >= 4 is 29.5 Å². The van der Waals surface area contributed by atoms with Gasteiger partial charge in [-0.1, -0.05) is 24.3 Å². The third-order valence-corrected chi connectivity index (χ3v) is 12.0. The molecule has 4 aliphatic rings. The van der Waals surface area contributed by atoms with E-state index in [1.165, 1.54) is 21.6 Å². The highest BCUT2D eigenvalue weighted by Gasteiger charge is 2.38. The quantitative estimate of drug-likeness (QED) is 0.173. The number of aromatic nitrogens is 3. The van der Waals surface area contributed by atoms with Gasteiger partial charge in [-0.15, -0.1) is 0 Å². The molecule has 1 saturated carbocycles. The molecule has 3 atom stereocenters. The molecule has 0 bridgehead atoms. The lowest BCUT2D eigenvalue weighted by atomic mass is 9.87. The third-order valence-electron chi connectivity index (χ3n) is 12.0. The molecule has 1 aliphatic carbocycles. The molecule has 8 rings (SSSR count). The number of imide groups is 1. The Hall–Kier alpha value is -5.77. The number of ether oxygens (including phenoxy) is 1. The average Bonchev–Trinajstić information content (AvgIpc) is 3.23. The van der Waals surface area contributed by atoms with Crippen LogP contribution in [0.1, 0.15) is 69.3 Å². The lowest BCUT2D eigenvalue weighted by Gasteiger charge is -2.43. The number of anilines is 2. The van der Waals surface area contributed by atoms with Crippen molar-refractivity contribution in [1.29, 1.82) is 0 Å². The lowest BCUT2D eigenvalue weighted by Crippen LogP contribution is -2.55. The van der Waals surface area contributed by atoms with Gasteiger partial charge >= 0.3 is 6.09 Å². The molecule has 2 aromatic heterocycles. The molecule has 16 heteroatoms. The average molecular weight is 813 g/mol. The van der Waals surface area contributed by atoms with Crippen molar-refractivity contribution in [2.24, 2.45) is 0 Å². The van der Waals surface area contributed by atoms with E-state index in [0.717, 1.165) is 6.20 Å². The van der Waals surface area contributed by atoms with Gasteiger partial charge in [-0.3, -0.25) is 29.2 Å². The first kappa shape index (κ1) is 40.0. The molecule has 3 unspecified atom stereocenters. The van der Waals surface area contributed by atoms with Crippen LogP contribution in [0.15, 0.2) is 77.9 Å². The van der Waals surface area contributed by atoms with E-state index in [9.17, 15) is 23.6 Å². The Kier molecular flexibility index (Phi) is 11.9. The second-order valence-corrected chi connectivity index (χ2v) is 15.9. The number of rotatable bonds is 9. The summed E-state index contributed by atoms with van der Waals surface area (Å²) in [5.41, 5.74) is 2.05. The molecule has 0 radical (unpaired) electrons. The Morgan fingerprint density at radius 1 is 0.847 bits per heavy atom. The van der Waals surface area contributed by atoms with E-state index in [1.54, 1.807) is 54.7 Å². The predicted molar refractivity (Wildman–Crippen MR) is 214 cm³/mol. The first-order valence-corrected chi connectivity index (χ1v) is 20.4. The highest BCUT2D eigenvalue weighted by molar-refractivity contribution is 6.01. The Balaban J connectivity index is 0.775. The Morgan fingerprint density at radius 2 is 1.66 bits per heavy atom. The van der Waals surface area contributed by atoms with Crippen LogP contribution in [0.5, 0.6) is 0 Å². The van der Waals surface area contributed by atoms with E-state index in [1.807, 2.05) is 0 Å². The molecular weight excluding hydrogens is 766 g/mol. The van der Waals surface area contributed by atoms with Crippen molar-refractivity contribution < 1.29 is 32.3 Å². The van der Waals surface area contributed by atoms with Gasteiger partial charge in [0, 0.05) is 54.3 Å². The molecule has 4 fully saturated rings. The largest absolute Gasteiger partial charge is 0.446 e. The number of piperidine rings is 3. The van der Waals surface area contributed by atoms with Crippen LogP contribution in [0.3, 0.4) is 0 Å². The van der Waals surface area contributed by atoms with Crippen LogP contribution in [-0.2, 0) is 14.3 Å². The van der Waals surface area contributed by atoms with Gasteiger partial charge in [-0.2, -0.15) is 0 Å². The van der Waals surface area contributed by atoms with Crippen LogP contribution in [0.25, 0.3) is 16.9 Å². The minimum absolute atomic E-state index is 0.0210. The molecule has 3 saturated heterocycles. The molecule has 2 aromatic carbocycles. The lowest BCUT2D eigenvalue weighted by molar-refractivity contribution is -0.133. The molecule has 3 amide bonds. The highest BCUT2D eigenvalue weighted by atomic mass is 19.1. The molecule has 0 spiro atoms. The number of alkyl halides is 1. The molecule has 13 nitrogen and oxygen atoms in total. The minimum atomic E-state index is -1.24. The van der Waals surface area contributed by atoms with E-state index in [4.69, 9.17) is 4.74 Å². The first-order valence-electron chi connectivity index (χ1n) is 20.4. The van der Waals surface area contributed by atoms with Crippen LogP contribution in [0.4, 0.5) is 29.6 Å². The summed E-state index contributed by atoms with van der Waals surface area (Å²) in [5, 5.41) is 8.61. The number of nitrogens with zero attached hydrogens (tertiary/aromatic N) is 5. The molecule has 3 N–H and O–H groups in total. The van der Waals surface area contributed by atoms with Crippen molar-refractivity contribution in [2.45, 2.75) is 94.1 Å². The number of hydrogen-bond donors (Lipinski definition) is 3. The molecular formula is C43H47F3N8O5. The van der Waals surface area contributed by atoms with E-state index in [0.29, 0.717) is 93.5 Å². The van der Waals surface area contributed by atoms with Crippen molar-refractivity contribution in [2.75, 3.05) is 36.8 Å². The number of likely N-dealkylation sites (tertiary alicyclic amines) is 2. The smallest absolute Gasteiger partial charge is 0.410 e. The monoisotopic (exact) mass is 812 g/mol. The second kappa shape index (κ2) is 17.6. The van der Waals surface area contributed by atoms with E-state index < -0.39 is 30.0 Å². The minimum Gasteiger partial charge on any atom is -0.446 e. The molecule has 310 valence electrons. The fourth-order valence-electron chi connectivity index (χ4n) is 8.80. The van der Waals surface area contributed by atoms with Crippen molar-refractivity contribution in [3.63, 3.8) is 0 Å². The maximum absolute atomic E-state index is 15.7. The van der Waals surface area contributed by atoms with E-state index in [2.05, 4.69) is 30.8 Å². The second-order valence-electron chi connectivity index (χ2n) is 15.9. The van der Waals surface area contributed by atoms with Gasteiger partial charge in [0.25, 0.3) is 5.56 Å². The first-order chi connectivity index (χ1) is 28.6. The molecule has 59 heavy (non-hydrogen) atoms. The maximum Gasteiger partial charge on any atom is 0.410 e. The summed E-state index contributed by atoms with van der Waals surface area (Å²) in [4.78, 5) is 61.2. The third kappa shape index (κ3) is 9.27. The number of pyridine rings is 1. The summed E-state index contributed by atoms with van der Waals surface area (Å²) in [6.07, 6.45) is 5.60. The van der Waals surface area contributed by atoms with E-state index >= 15 is 8.78 Å². The summed E-state index contributed by atoms with van der Waals surface area (Å²) in [6.45, 7) is 1.56. The number of benzene rings is 2. The molecule has 4 aromatic rings. The number of nitrogens with one attached hydrogen (secondary N) is 3. The SMILES string of the molecule is O=C1CCC(Nc2ccc(C3CCN(C4CCN(C(=O)OC5CCC(Nc6ncc(F)c(-c7cccc(-n8ccccc8=O)c7)n6)CC5)CC4F)CC3)c(F)c2)C(=O)N1. The van der Waals surface area contributed by atoms with Crippen molar-refractivity contribution in [3.8, 4) is 16.9 Å². The van der Waals surface area contributed by atoms with Crippen LogP contribution in [0, 0.1) is 11.6 Å². The van der Waals surface area contributed by atoms with Gasteiger partial charge in [-0.05, 0) is 106 Å². The Morgan fingerprint density at radius 3 is 2.41 bits per heavy atom. The maximum atomic E-state index is 15.7. The molecule has 5 heterocycles. The van der Waals surface area contributed by atoms with Gasteiger partial charge in [0.05, 0.1) is 12.7 Å². The molecule has 3 aliphatic heterocycles. The topological polar surface area (TPSA) is 151 Å². The van der Waals surface area contributed by atoms with Crippen LogP contribution >= 0.6 is 0 Å². The summed E-state index contributed by atoms with van der Waals surface area (Å²) in [6, 6.07) is 15.7. The number of amides is 3. The Bertz CT molecular complexity index is 2240. The zero-order valence-corrected chi connectivity index (χ0v) is 32.5. The van der Waals surface area contributed by atoms with Gasteiger partial charge in [0.15, 0.2) is 5.82 Å². The highest BCUT2D eigenvalue weighted by Crippen LogP contribution is 2.34. The summed E-state index contributed by atoms with van der Waals surface area (Å²) in [7, 11) is 0.